The fourth-order valence-electron chi connectivity index (χ4n) is 5.10. The maximum atomic E-state index is 13.1. The Morgan fingerprint density at radius 3 is 2.26 bits per heavy atom. The SMILES string of the molecule is CC(C(=O)c1cccc(Cl)c1)N(C(=O)OCOC(=O)C(=O)COCCCCCCOC(=O)c1cc(S(N)(=O)=O)c(Cl)cc1NCc1ccco1)C(C)(C)C. The molecule has 0 fully saturated rings. The van der Waals surface area contributed by atoms with Crippen molar-refractivity contribution in [3.8, 4) is 0 Å². The molecule has 0 aliphatic carbocycles. The van der Waals surface area contributed by atoms with E-state index in [0.29, 0.717) is 42.0 Å². The van der Waals surface area contributed by atoms with E-state index in [-0.39, 0.29) is 41.8 Å². The Morgan fingerprint density at radius 2 is 1.63 bits per heavy atom. The number of nitrogens with two attached hydrogens (primary N) is 1. The summed E-state index contributed by atoms with van der Waals surface area (Å²) in [4.78, 5) is 63.9. The summed E-state index contributed by atoms with van der Waals surface area (Å²) in [5.74, 6) is -2.84. The van der Waals surface area contributed by atoms with Crippen molar-refractivity contribution in [1.29, 1.82) is 0 Å². The van der Waals surface area contributed by atoms with Crippen molar-refractivity contribution >= 4 is 68.5 Å². The maximum Gasteiger partial charge on any atom is 0.413 e. The number of ketones is 2. The third-order valence-electron chi connectivity index (χ3n) is 7.68. The third-order valence-corrected chi connectivity index (χ3v) is 9.29. The Hall–Kier alpha value is -4.48. The predicted octanol–water partition coefficient (Wildman–Crippen LogP) is 6.16. The van der Waals surface area contributed by atoms with Crippen molar-refractivity contribution in [1.82, 2.24) is 4.90 Å². The molecule has 15 nitrogen and oxygen atoms in total. The van der Waals surface area contributed by atoms with Gasteiger partial charge in [0, 0.05) is 22.7 Å². The van der Waals surface area contributed by atoms with E-state index in [2.05, 4.69) is 5.32 Å². The van der Waals surface area contributed by atoms with Gasteiger partial charge in [0.05, 0.1) is 41.7 Å². The second-order valence-electron chi connectivity index (χ2n) is 12.9. The number of amides is 1. The van der Waals surface area contributed by atoms with Crippen LogP contribution in [-0.4, -0.2) is 81.1 Å². The van der Waals surface area contributed by atoms with Crippen molar-refractivity contribution < 1.29 is 55.8 Å². The molecule has 0 aliphatic rings. The summed E-state index contributed by atoms with van der Waals surface area (Å²) >= 11 is 12.1. The zero-order valence-electron chi connectivity index (χ0n) is 30.2. The highest BCUT2D eigenvalue weighted by atomic mass is 35.5. The number of esters is 2. The highest BCUT2D eigenvalue weighted by Gasteiger charge is 2.36. The minimum absolute atomic E-state index is 0.0319. The number of furan rings is 1. The number of sulfonamides is 1. The molecule has 1 aromatic heterocycles. The van der Waals surface area contributed by atoms with Gasteiger partial charge in [0.15, 0.2) is 5.78 Å². The number of halogens is 2. The van der Waals surface area contributed by atoms with E-state index in [1.807, 2.05) is 0 Å². The largest absolute Gasteiger partial charge is 0.467 e. The van der Waals surface area contributed by atoms with Gasteiger partial charge < -0.3 is 28.7 Å². The number of carbonyl (C=O) groups is 5. The van der Waals surface area contributed by atoms with Gasteiger partial charge in [0.25, 0.3) is 5.78 Å². The van der Waals surface area contributed by atoms with Gasteiger partial charge >= 0.3 is 18.0 Å². The maximum absolute atomic E-state index is 13.1. The molecular weight excluding hydrogens is 769 g/mol. The van der Waals surface area contributed by atoms with Crippen LogP contribution < -0.4 is 10.5 Å². The molecule has 18 heteroatoms. The lowest BCUT2D eigenvalue weighted by Gasteiger charge is -2.38. The van der Waals surface area contributed by atoms with Gasteiger partial charge in [-0.3, -0.25) is 14.5 Å². The number of benzene rings is 2. The number of carbonyl (C=O) groups excluding carboxylic acids is 5. The summed E-state index contributed by atoms with van der Waals surface area (Å²) in [5, 5.41) is 8.43. The molecule has 0 spiro atoms. The van der Waals surface area contributed by atoms with Gasteiger partial charge in [-0.15, -0.1) is 0 Å². The molecule has 1 heterocycles. The summed E-state index contributed by atoms with van der Waals surface area (Å²) < 4.78 is 49.7. The van der Waals surface area contributed by atoms with Crippen LogP contribution in [-0.2, 0) is 45.1 Å². The minimum Gasteiger partial charge on any atom is -0.467 e. The Bertz CT molecular complexity index is 1900. The average molecular weight is 813 g/mol. The molecule has 54 heavy (non-hydrogen) atoms. The van der Waals surface area contributed by atoms with Gasteiger partial charge in [0.2, 0.25) is 16.8 Å². The number of unbranched alkanes of at least 4 members (excludes halogenated alkanes) is 3. The molecule has 1 unspecified atom stereocenters. The van der Waals surface area contributed by atoms with Crippen LogP contribution in [0.15, 0.2) is 64.1 Å². The Labute approximate surface area is 323 Å². The molecule has 3 aromatic rings. The van der Waals surface area contributed by atoms with Crippen molar-refractivity contribution in [2.75, 3.05) is 31.9 Å². The number of primary sulfonamides is 1. The van der Waals surface area contributed by atoms with E-state index < -0.39 is 63.7 Å². The van der Waals surface area contributed by atoms with Gasteiger partial charge in [-0.25, -0.2) is 27.9 Å². The molecule has 3 N–H and O–H groups in total. The van der Waals surface area contributed by atoms with Gasteiger partial charge in [-0.2, -0.15) is 0 Å². The lowest BCUT2D eigenvalue weighted by Crippen LogP contribution is -2.53. The van der Waals surface area contributed by atoms with Crippen molar-refractivity contribution in [2.24, 2.45) is 5.14 Å². The topological polar surface area (TPSA) is 211 Å². The number of anilines is 1. The molecule has 0 bridgehead atoms. The molecule has 0 saturated heterocycles. The number of Topliss-reactive ketones (excluding diaryl/α,β-unsaturated/α-hetero) is 2. The molecule has 0 saturated carbocycles. The van der Waals surface area contributed by atoms with E-state index in [1.54, 1.807) is 51.1 Å². The fourth-order valence-corrected chi connectivity index (χ4v) is 6.39. The van der Waals surface area contributed by atoms with E-state index in [1.165, 1.54) is 30.2 Å². The van der Waals surface area contributed by atoms with Crippen LogP contribution in [0, 0.1) is 0 Å². The van der Waals surface area contributed by atoms with E-state index in [4.69, 9.17) is 51.7 Å². The number of rotatable bonds is 20. The van der Waals surface area contributed by atoms with Crippen LogP contribution in [0.3, 0.4) is 0 Å². The molecular formula is C36H43Cl2N3O12S. The molecule has 0 aliphatic heterocycles. The quantitative estimate of drug-likeness (QED) is 0.0431. The number of nitrogens with one attached hydrogen (secondary N) is 1. The first kappa shape index (κ1) is 43.9. The van der Waals surface area contributed by atoms with Crippen molar-refractivity contribution in [3.05, 3.63) is 81.7 Å². The Kier molecular flexibility index (Phi) is 16.5. The van der Waals surface area contributed by atoms with Crippen LogP contribution in [0.25, 0.3) is 0 Å². The van der Waals surface area contributed by atoms with Gasteiger partial charge in [0.1, 0.15) is 17.3 Å². The van der Waals surface area contributed by atoms with Crippen LogP contribution in [0.1, 0.15) is 79.9 Å². The smallest absolute Gasteiger partial charge is 0.413 e. The first-order chi connectivity index (χ1) is 25.4. The summed E-state index contributed by atoms with van der Waals surface area (Å²) in [5.41, 5.74) is -0.399. The highest BCUT2D eigenvalue weighted by Crippen LogP contribution is 2.29. The van der Waals surface area contributed by atoms with Gasteiger partial charge in [-0.1, -0.05) is 41.8 Å². The standard InChI is InChI=1S/C36H43Cl2N3O12S/c1-23(32(43)24-11-9-12-25(37)17-24)41(36(2,3)4)35(46)53-22-52-34(45)30(42)21-49-14-7-5-6-8-15-51-33(44)27-18-31(54(39,47)48)28(38)19-29(27)40-20-26-13-10-16-50-26/h9-13,16-19,23,40H,5-8,14-15,20-22H2,1-4H3,(H2,39,47,48). The molecule has 1 atom stereocenters. The van der Waals surface area contributed by atoms with Crippen LogP contribution in [0.2, 0.25) is 10.0 Å². The monoisotopic (exact) mass is 811 g/mol. The normalized spacial score (nSPS) is 12.1. The lowest BCUT2D eigenvalue weighted by molar-refractivity contribution is -0.162. The van der Waals surface area contributed by atoms with Crippen molar-refractivity contribution in [3.63, 3.8) is 0 Å². The van der Waals surface area contributed by atoms with Crippen LogP contribution >= 0.6 is 23.2 Å². The van der Waals surface area contributed by atoms with Crippen molar-refractivity contribution in [2.45, 2.75) is 76.4 Å². The molecule has 2 aromatic carbocycles. The number of ether oxygens (including phenoxy) is 4. The predicted molar refractivity (Wildman–Crippen MR) is 198 cm³/mol. The first-order valence-corrected chi connectivity index (χ1v) is 19.0. The number of nitrogens with zero attached hydrogens (tertiary/aromatic N) is 1. The van der Waals surface area contributed by atoms with Crippen LogP contribution in [0.4, 0.5) is 10.5 Å². The zero-order valence-corrected chi connectivity index (χ0v) is 32.6. The Morgan fingerprint density at radius 1 is 0.926 bits per heavy atom. The second kappa shape index (κ2) is 20.3. The summed E-state index contributed by atoms with van der Waals surface area (Å²) in [6, 6.07) is 11.1. The third kappa shape index (κ3) is 13.4. The molecule has 0 radical (unpaired) electrons. The summed E-state index contributed by atoms with van der Waals surface area (Å²) in [6.07, 6.45) is 2.82. The first-order valence-electron chi connectivity index (χ1n) is 16.7. The zero-order chi connectivity index (χ0) is 40.1. The van der Waals surface area contributed by atoms with E-state index in [9.17, 15) is 32.4 Å². The average Bonchev–Trinajstić information content (AvgIpc) is 3.62. The second-order valence-corrected chi connectivity index (χ2v) is 15.3. The Balaban J connectivity index is 1.35. The van der Waals surface area contributed by atoms with E-state index >= 15 is 0 Å². The minimum atomic E-state index is -4.22. The fraction of sp³-hybridized carbons (Fsp3) is 0.417. The molecule has 3 rings (SSSR count). The summed E-state index contributed by atoms with van der Waals surface area (Å²) in [7, 11) is -4.22. The summed E-state index contributed by atoms with van der Waals surface area (Å²) in [6.45, 7) is 5.61. The van der Waals surface area contributed by atoms with Gasteiger partial charge in [-0.05, 0) is 83.4 Å². The number of hydrogen-bond donors (Lipinski definition) is 2. The lowest BCUT2D eigenvalue weighted by atomic mass is 9.98. The number of hydrogen-bond acceptors (Lipinski definition) is 13. The van der Waals surface area contributed by atoms with E-state index in [0.717, 1.165) is 6.07 Å². The molecule has 294 valence electrons. The van der Waals surface area contributed by atoms with Crippen LogP contribution in [0.5, 0.6) is 0 Å². The highest BCUT2D eigenvalue weighted by molar-refractivity contribution is 7.89. The molecule has 1 amide bonds.